The van der Waals surface area contributed by atoms with Gasteiger partial charge in [0.15, 0.2) is 0 Å². The number of carbonyl (C=O) groups excluding carboxylic acids is 1. The van der Waals surface area contributed by atoms with E-state index in [1.807, 2.05) is 14.1 Å². The van der Waals surface area contributed by atoms with Crippen molar-refractivity contribution in [2.75, 3.05) is 27.2 Å². The first-order chi connectivity index (χ1) is 8.16. The van der Waals surface area contributed by atoms with Gasteiger partial charge in [-0.3, -0.25) is 9.89 Å². The molecule has 1 heterocycles. The van der Waals surface area contributed by atoms with Crippen LogP contribution in [0.5, 0.6) is 0 Å². The highest BCUT2D eigenvalue weighted by atomic mass is 16.2. The molecule has 1 aliphatic rings. The molecule has 17 heavy (non-hydrogen) atoms. The predicted molar refractivity (Wildman–Crippen MR) is 63.9 cm³/mol. The Hall–Kier alpha value is -1.43. The summed E-state index contributed by atoms with van der Waals surface area (Å²) in [7, 11) is 4.03. The van der Waals surface area contributed by atoms with Crippen molar-refractivity contribution in [3.8, 4) is 0 Å². The number of aromatic amines is 1. The van der Waals surface area contributed by atoms with Gasteiger partial charge in [-0.25, -0.2) is 4.98 Å². The van der Waals surface area contributed by atoms with Crippen LogP contribution < -0.4 is 5.32 Å². The molecule has 1 saturated carbocycles. The van der Waals surface area contributed by atoms with Crippen molar-refractivity contribution in [1.82, 2.24) is 25.4 Å². The lowest BCUT2D eigenvalue weighted by atomic mass is 10.4. The van der Waals surface area contributed by atoms with Crippen molar-refractivity contribution < 1.29 is 4.79 Å². The molecule has 0 aliphatic heterocycles. The smallest absolute Gasteiger partial charge is 0.290 e. The molecule has 1 amide bonds. The minimum absolute atomic E-state index is 0.188. The summed E-state index contributed by atoms with van der Waals surface area (Å²) in [6.45, 7) is 1.62. The van der Waals surface area contributed by atoms with E-state index in [0.717, 1.165) is 31.6 Å². The van der Waals surface area contributed by atoms with Crippen LogP contribution in [0.2, 0.25) is 0 Å². The standard InChI is InChI=1S/C11H19N5O/c1-16(2)7-3-6-12-11(17)10-13-9(14-15-10)8-4-5-8/h8H,3-7H2,1-2H3,(H,12,17)(H,13,14,15). The molecule has 6 nitrogen and oxygen atoms in total. The first kappa shape index (κ1) is 12.0. The topological polar surface area (TPSA) is 73.9 Å². The molecular formula is C11H19N5O. The molecule has 2 N–H and O–H groups in total. The largest absolute Gasteiger partial charge is 0.349 e. The molecule has 0 radical (unpaired) electrons. The van der Waals surface area contributed by atoms with Gasteiger partial charge in [0.25, 0.3) is 5.91 Å². The molecule has 0 spiro atoms. The molecule has 0 atom stereocenters. The SMILES string of the molecule is CN(C)CCCNC(=O)c1n[nH]c(C2CC2)n1. The van der Waals surface area contributed by atoms with Crippen molar-refractivity contribution in [2.24, 2.45) is 0 Å². The summed E-state index contributed by atoms with van der Waals surface area (Å²) in [5.41, 5.74) is 0. The third-order valence-electron chi connectivity index (χ3n) is 2.74. The van der Waals surface area contributed by atoms with E-state index in [4.69, 9.17) is 0 Å². The minimum Gasteiger partial charge on any atom is -0.349 e. The highest BCUT2D eigenvalue weighted by Crippen LogP contribution is 2.37. The van der Waals surface area contributed by atoms with E-state index in [-0.39, 0.29) is 11.7 Å². The van der Waals surface area contributed by atoms with Crippen LogP contribution in [0.4, 0.5) is 0 Å². The maximum atomic E-state index is 11.7. The van der Waals surface area contributed by atoms with Gasteiger partial charge in [-0.05, 0) is 39.9 Å². The Morgan fingerprint density at radius 2 is 2.29 bits per heavy atom. The van der Waals surface area contributed by atoms with Gasteiger partial charge in [0, 0.05) is 12.5 Å². The molecule has 1 aromatic heterocycles. The fourth-order valence-electron chi connectivity index (χ4n) is 1.59. The first-order valence-electron chi connectivity index (χ1n) is 6.02. The Balaban J connectivity index is 1.74. The van der Waals surface area contributed by atoms with Gasteiger partial charge in [-0.15, -0.1) is 5.10 Å². The normalized spacial score (nSPS) is 15.2. The fourth-order valence-corrected chi connectivity index (χ4v) is 1.59. The van der Waals surface area contributed by atoms with Crippen LogP contribution >= 0.6 is 0 Å². The third-order valence-corrected chi connectivity index (χ3v) is 2.74. The van der Waals surface area contributed by atoms with Crippen LogP contribution in [-0.2, 0) is 0 Å². The Labute approximate surface area is 101 Å². The average molecular weight is 237 g/mol. The second-order valence-corrected chi connectivity index (χ2v) is 4.73. The van der Waals surface area contributed by atoms with Gasteiger partial charge >= 0.3 is 0 Å². The molecule has 2 rings (SSSR count). The Bertz CT molecular complexity index is 383. The van der Waals surface area contributed by atoms with Crippen LogP contribution in [0.15, 0.2) is 0 Å². The number of carbonyl (C=O) groups is 1. The fraction of sp³-hybridized carbons (Fsp3) is 0.727. The van der Waals surface area contributed by atoms with E-state index >= 15 is 0 Å². The van der Waals surface area contributed by atoms with Crippen LogP contribution in [0.25, 0.3) is 0 Å². The van der Waals surface area contributed by atoms with E-state index in [9.17, 15) is 4.79 Å². The second kappa shape index (κ2) is 5.27. The molecule has 0 aromatic carbocycles. The van der Waals surface area contributed by atoms with Gasteiger partial charge < -0.3 is 10.2 Å². The highest BCUT2D eigenvalue weighted by Gasteiger charge is 2.28. The molecule has 0 unspecified atom stereocenters. The van der Waals surface area contributed by atoms with Gasteiger partial charge in [0.1, 0.15) is 5.82 Å². The maximum Gasteiger partial charge on any atom is 0.290 e. The predicted octanol–water partition coefficient (Wildman–Crippen LogP) is 0.364. The lowest BCUT2D eigenvalue weighted by molar-refractivity contribution is 0.0942. The van der Waals surface area contributed by atoms with Crippen molar-refractivity contribution in [2.45, 2.75) is 25.2 Å². The Morgan fingerprint density at radius 3 is 2.94 bits per heavy atom. The lowest BCUT2D eigenvalue weighted by Crippen LogP contribution is -2.28. The van der Waals surface area contributed by atoms with Gasteiger partial charge in [-0.2, -0.15) is 0 Å². The monoisotopic (exact) mass is 237 g/mol. The molecule has 1 aromatic rings. The Kier molecular flexibility index (Phi) is 3.73. The van der Waals surface area contributed by atoms with Crippen molar-refractivity contribution in [3.05, 3.63) is 11.6 Å². The summed E-state index contributed by atoms with van der Waals surface area (Å²) in [6.07, 6.45) is 3.23. The Morgan fingerprint density at radius 1 is 1.53 bits per heavy atom. The summed E-state index contributed by atoms with van der Waals surface area (Å²) in [4.78, 5) is 18.0. The zero-order valence-corrected chi connectivity index (χ0v) is 10.4. The number of hydrogen-bond acceptors (Lipinski definition) is 4. The minimum atomic E-state index is -0.188. The van der Waals surface area contributed by atoms with Crippen molar-refractivity contribution in [1.29, 1.82) is 0 Å². The van der Waals surface area contributed by atoms with Crippen molar-refractivity contribution >= 4 is 5.91 Å². The van der Waals surface area contributed by atoms with Crippen LogP contribution in [-0.4, -0.2) is 53.2 Å². The zero-order valence-electron chi connectivity index (χ0n) is 10.4. The summed E-state index contributed by atoms with van der Waals surface area (Å²) in [6, 6.07) is 0. The van der Waals surface area contributed by atoms with Gasteiger partial charge in [-0.1, -0.05) is 0 Å². The molecule has 1 aliphatic carbocycles. The summed E-state index contributed by atoms with van der Waals surface area (Å²) in [5.74, 6) is 1.42. The van der Waals surface area contributed by atoms with E-state index < -0.39 is 0 Å². The molecule has 94 valence electrons. The van der Waals surface area contributed by atoms with Crippen molar-refractivity contribution in [3.63, 3.8) is 0 Å². The van der Waals surface area contributed by atoms with Crippen LogP contribution in [0.3, 0.4) is 0 Å². The maximum absolute atomic E-state index is 11.7. The lowest BCUT2D eigenvalue weighted by Gasteiger charge is -2.08. The first-order valence-corrected chi connectivity index (χ1v) is 6.02. The van der Waals surface area contributed by atoms with Crippen LogP contribution in [0.1, 0.15) is 41.6 Å². The van der Waals surface area contributed by atoms with E-state index in [1.165, 1.54) is 0 Å². The molecular weight excluding hydrogens is 218 g/mol. The van der Waals surface area contributed by atoms with Crippen LogP contribution in [0, 0.1) is 0 Å². The van der Waals surface area contributed by atoms with Gasteiger partial charge in [0.2, 0.25) is 5.82 Å². The summed E-state index contributed by atoms with van der Waals surface area (Å²) in [5, 5.41) is 9.58. The number of rotatable bonds is 6. The number of H-pyrrole nitrogens is 1. The average Bonchev–Trinajstić information content (AvgIpc) is 3.02. The number of nitrogens with zero attached hydrogens (tertiary/aromatic N) is 3. The third kappa shape index (κ3) is 3.52. The summed E-state index contributed by atoms with van der Waals surface area (Å²) >= 11 is 0. The number of hydrogen-bond donors (Lipinski definition) is 2. The number of aromatic nitrogens is 3. The number of nitrogens with one attached hydrogen (secondary N) is 2. The van der Waals surface area contributed by atoms with Gasteiger partial charge in [0.05, 0.1) is 0 Å². The molecule has 1 fully saturated rings. The van der Waals surface area contributed by atoms with E-state index in [0.29, 0.717) is 12.5 Å². The molecule has 0 saturated heterocycles. The van der Waals surface area contributed by atoms with E-state index in [2.05, 4.69) is 25.4 Å². The molecule has 0 bridgehead atoms. The second-order valence-electron chi connectivity index (χ2n) is 4.73. The highest BCUT2D eigenvalue weighted by molar-refractivity contribution is 5.90. The molecule has 6 heteroatoms. The zero-order chi connectivity index (χ0) is 12.3. The quantitative estimate of drug-likeness (QED) is 0.701. The van der Waals surface area contributed by atoms with E-state index in [1.54, 1.807) is 0 Å². The number of amides is 1. The summed E-state index contributed by atoms with van der Waals surface area (Å²) < 4.78 is 0.